The number of aliphatic hydroxyl groups is 1. The van der Waals surface area contributed by atoms with Crippen LogP contribution in [0.5, 0.6) is 5.75 Å². The van der Waals surface area contributed by atoms with Crippen molar-refractivity contribution in [3.05, 3.63) is 29.3 Å². The second-order valence-corrected chi connectivity index (χ2v) is 6.17. The van der Waals surface area contributed by atoms with Crippen LogP contribution in [0.3, 0.4) is 0 Å². The maximum atomic E-state index is 11.5. The Hall–Kier alpha value is -1.59. The largest absolute Gasteiger partial charge is 0.497 e. The van der Waals surface area contributed by atoms with Crippen molar-refractivity contribution in [2.75, 3.05) is 33.9 Å². The maximum absolute atomic E-state index is 11.5. The summed E-state index contributed by atoms with van der Waals surface area (Å²) in [6, 6.07) is 5.76. The van der Waals surface area contributed by atoms with E-state index in [1.807, 2.05) is 25.1 Å². The number of likely N-dealkylation sites (tertiary alicyclic amines) is 1. The predicted octanol–water partition coefficient (Wildman–Crippen LogP) is 2.31. The molecule has 1 saturated heterocycles. The lowest BCUT2D eigenvalue weighted by Gasteiger charge is -2.31. The zero-order chi connectivity index (χ0) is 16.8. The van der Waals surface area contributed by atoms with Crippen LogP contribution in [0.4, 0.5) is 0 Å². The van der Waals surface area contributed by atoms with Gasteiger partial charge in [-0.1, -0.05) is 6.07 Å². The van der Waals surface area contributed by atoms with E-state index in [2.05, 4.69) is 4.90 Å². The molecule has 1 aliphatic heterocycles. The van der Waals surface area contributed by atoms with Crippen LogP contribution in [-0.2, 0) is 9.53 Å². The number of rotatable bonds is 6. The molecule has 5 heteroatoms. The molecule has 0 spiro atoms. The first-order valence-electron chi connectivity index (χ1n) is 8.18. The van der Waals surface area contributed by atoms with Gasteiger partial charge >= 0.3 is 5.97 Å². The lowest BCUT2D eigenvalue weighted by Crippen LogP contribution is -2.37. The molecule has 1 heterocycles. The van der Waals surface area contributed by atoms with Crippen molar-refractivity contribution >= 4 is 5.97 Å². The minimum absolute atomic E-state index is 0.0324. The Bertz CT molecular complexity index is 524. The SMILES string of the molecule is COC(=O)C1CCN(CCC(O)c2ccc(OC)cc2C)CC1. The number of methoxy groups -OCH3 is 2. The highest BCUT2D eigenvalue weighted by atomic mass is 16.5. The predicted molar refractivity (Wildman–Crippen MR) is 88.5 cm³/mol. The number of ether oxygens (including phenoxy) is 2. The van der Waals surface area contributed by atoms with E-state index in [4.69, 9.17) is 9.47 Å². The van der Waals surface area contributed by atoms with E-state index >= 15 is 0 Å². The van der Waals surface area contributed by atoms with Crippen LogP contribution in [0.25, 0.3) is 0 Å². The fraction of sp³-hybridized carbons (Fsp3) is 0.611. The van der Waals surface area contributed by atoms with Gasteiger partial charge in [-0.3, -0.25) is 4.79 Å². The van der Waals surface area contributed by atoms with Crippen LogP contribution in [0.1, 0.15) is 36.5 Å². The molecule has 0 radical (unpaired) electrons. The van der Waals surface area contributed by atoms with Crippen molar-refractivity contribution in [2.24, 2.45) is 5.92 Å². The molecule has 0 saturated carbocycles. The number of aliphatic hydroxyl groups excluding tert-OH is 1. The molecule has 0 aliphatic carbocycles. The van der Waals surface area contributed by atoms with Crippen molar-refractivity contribution in [2.45, 2.75) is 32.3 Å². The van der Waals surface area contributed by atoms with Crippen LogP contribution in [0.15, 0.2) is 18.2 Å². The van der Waals surface area contributed by atoms with Crippen LogP contribution >= 0.6 is 0 Å². The molecule has 23 heavy (non-hydrogen) atoms. The summed E-state index contributed by atoms with van der Waals surface area (Å²) in [6.45, 7) is 4.59. The quantitative estimate of drug-likeness (QED) is 0.815. The first-order chi connectivity index (χ1) is 11.0. The molecule has 0 aromatic heterocycles. The van der Waals surface area contributed by atoms with E-state index in [-0.39, 0.29) is 11.9 Å². The topological polar surface area (TPSA) is 59.0 Å². The summed E-state index contributed by atoms with van der Waals surface area (Å²) >= 11 is 0. The molecule has 5 nitrogen and oxygen atoms in total. The zero-order valence-electron chi connectivity index (χ0n) is 14.2. The summed E-state index contributed by atoms with van der Waals surface area (Å²) in [4.78, 5) is 13.8. The summed E-state index contributed by atoms with van der Waals surface area (Å²) in [5.41, 5.74) is 2.00. The summed E-state index contributed by atoms with van der Waals surface area (Å²) in [5, 5.41) is 10.4. The number of piperidine rings is 1. The Labute approximate surface area is 138 Å². The number of nitrogens with zero attached hydrogens (tertiary/aromatic N) is 1. The Balaban J connectivity index is 1.81. The monoisotopic (exact) mass is 321 g/mol. The van der Waals surface area contributed by atoms with Gasteiger partial charge in [-0.15, -0.1) is 0 Å². The van der Waals surface area contributed by atoms with Crippen molar-refractivity contribution < 1.29 is 19.4 Å². The number of carbonyl (C=O) groups excluding carboxylic acids is 1. The molecule has 0 amide bonds. The van der Waals surface area contributed by atoms with Gasteiger partial charge in [-0.2, -0.15) is 0 Å². The fourth-order valence-corrected chi connectivity index (χ4v) is 3.17. The molecule has 128 valence electrons. The molecule has 1 atom stereocenters. The molecular weight excluding hydrogens is 294 g/mol. The lowest BCUT2D eigenvalue weighted by atomic mass is 9.96. The van der Waals surface area contributed by atoms with Gasteiger partial charge in [-0.05, 0) is 62.5 Å². The smallest absolute Gasteiger partial charge is 0.308 e. The van der Waals surface area contributed by atoms with E-state index in [0.717, 1.165) is 49.4 Å². The molecular formula is C18H27NO4. The number of benzene rings is 1. The molecule has 1 unspecified atom stereocenters. The maximum Gasteiger partial charge on any atom is 0.308 e. The average Bonchev–Trinajstić information content (AvgIpc) is 2.59. The number of aryl methyl sites for hydroxylation is 1. The molecule has 1 fully saturated rings. The van der Waals surface area contributed by atoms with Crippen molar-refractivity contribution in [1.82, 2.24) is 4.90 Å². The van der Waals surface area contributed by atoms with Gasteiger partial charge in [0.05, 0.1) is 26.2 Å². The normalized spacial score (nSPS) is 17.7. The molecule has 1 aromatic rings. The molecule has 0 bridgehead atoms. The van der Waals surface area contributed by atoms with Gasteiger partial charge in [-0.25, -0.2) is 0 Å². The van der Waals surface area contributed by atoms with Gasteiger partial charge in [0.1, 0.15) is 5.75 Å². The van der Waals surface area contributed by atoms with Crippen LogP contribution in [0, 0.1) is 12.8 Å². The summed E-state index contributed by atoms with van der Waals surface area (Å²) in [6.07, 6.45) is 1.89. The molecule has 1 N–H and O–H groups in total. The molecule has 1 aliphatic rings. The first kappa shape index (κ1) is 17.8. The first-order valence-corrected chi connectivity index (χ1v) is 8.18. The van der Waals surface area contributed by atoms with E-state index in [0.29, 0.717) is 6.42 Å². The Kier molecular flexibility index (Phi) is 6.42. The third-order valence-corrected chi connectivity index (χ3v) is 4.68. The van der Waals surface area contributed by atoms with Crippen LogP contribution < -0.4 is 4.74 Å². The van der Waals surface area contributed by atoms with Gasteiger partial charge in [0.15, 0.2) is 0 Å². The molecule has 2 rings (SSSR count). The molecule has 1 aromatic carbocycles. The summed E-state index contributed by atoms with van der Waals surface area (Å²) in [7, 11) is 3.09. The van der Waals surface area contributed by atoms with Crippen molar-refractivity contribution in [3.8, 4) is 5.75 Å². The van der Waals surface area contributed by atoms with Crippen molar-refractivity contribution in [1.29, 1.82) is 0 Å². The minimum Gasteiger partial charge on any atom is -0.497 e. The minimum atomic E-state index is -0.473. The van der Waals surface area contributed by atoms with E-state index in [1.165, 1.54) is 7.11 Å². The Morgan fingerprint density at radius 3 is 2.61 bits per heavy atom. The second kappa shape index (κ2) is 8.31. The number of hydrogen-bond acceptors (Lipinski definition) is 5. The number of carbonyl (C=O) groups is 1. The average molecular weight is 321 g/mol. The third kappa shape index (κ3) is 4.69. The van der Waals surface area contributed by atoms with Crippen LogP contribution in [-0.4, -0.2) is 49.8 Å². The van der Waals surface area contributed by atoms with Gasteiger partial charge in [0.25, 0.3) is 0 Å². The van der Waals surface area contributed by atoms with Gasteiger partial charge < -0.3 is 19.5 Å². The highest BCUT2D eigenvalue weighted by molar-refractivity contribution is 5.72. The number of hydrogen-bond donors (Lipinski definition) is 1. The third-order valence-electron chi connectivity index (χ3n) is 4.68. The standard InChI is InChI=1S/C18H27NO4/c1-13-12-15(22-2)4-5-16(13)17(20)8-11-19-9-6-14(7-10-19)18(21)23-3/h4-5,12,14,17,20H,6-11H2,1-3H3. The van der Waals surface area contributed by atoms with Crippen molar-refractivity contribution in [3.63, 3.8) is 0 Å². The zero-order valence-corrected chi connectivity index (χ0v) is 14.2. The highest BCUT2D eigenvalue weighted by Gasteiger charge is 2.25. The fourth-order valence-electron chi connectivity index (χ4n) is 3.17. The highest BCUT2D eigenvalue weighted by Crippen LogP contribution is 2.26. The van der Waals surface area contributed by atoms with E-state index in [1.54, 1.807) is 7.11 Å². The second-order valence-electron chi connectivity index (χ2n) is 6.17. The summed E-state index contributed by atoms with van der Waals surface area (Å²) < 4.78 is 10.0. The summed E-state index contributed by atoms with van der Waals surface area (Å²) in [5.74, 6) is 0.742. The van der Waals surface area contributed by atoms with Gasteiger partial charge in [0, 0.05) is 6.54 Å². The van der Waals surface area contributed by atoms with E-state index in [9.17, 15) is 9.90 Å². The number of esters is 1. The van der Waals surface area contributed by atoms with Gasteiger partial charge in [0.2, 0.25) is 0 Å². The van der Waals surface area contributed by atoms with Crippen LogP contribution in [0.2, 0.25) is 0 Å². The lowest BCUT2D eigenvalue weighted by molar-refractivity contribution is -0.147. The Morgan fingerprint density at radius 1 is 1.35 bits per heavy atom. The van der Waals surface area contributed by atoms with E-state index < -0.39 is 6.10 Å². The Morgan fingerprint density at radius 2 is 2.04 bits per heavy atom.